The van der Waals surface area contributed by atoms with Crippen LogP contribution in [0.5, 0.6) is 0 Å². The molecular formula is C21H19F2N3O2S. The average molecular weight is 415 g/mol. The first kappa shape index (κ1) is 19.5. The highest BCUT2D eigenvalue weighted by atomic mass is 32.1. The molecule has 0 bridgehead atoms. The zero-order valence-electron chi connectivity index (χ0n) is 16.0. The van der Waals surface area contributed by atoms with Crippen molar-refractivity contribution in [1.29, 1.82) is 0 Å². The van der Waals surface area contributed by atoms with Gasteiger partial charge in [0.05, 0.1) is 4.70 Å². The molecule has 2 aromatic carbocycles. The second kappa shape index (κ2) is 7.88. The lowest BCUT2D eigenvalue weighted by atomic mass is 10.2. The van der Waals surface area contributed by atoms with Crippen LogP contribution >= 0.6 is 11.3 Å². The minimum atomic E-state index is -0.744. The fraction of sp³-hybridized carbons (Fsp3) is 0.238. The van der Waals surface area contributed by atoms with Gasteiger partial charge >= 0.3 is 0 Å². The van der Waals surface area contributed by atoms with Crippen LogP contribution in [0.3, 0.4) is 0 Å². The Hall–Kier alpha value is -2.84. The number of para-hydroxylation sites is 1. The highest BCUT2D eigenvalue weighted by Gasteiger charge is 2.25. The van der Waals surface area contributed by atoms with E-state index in [1.807, 2.05) is 37.2 Å². The summed E-state index contributed by atoms with van der Waals surface area (Å²) in [6.07, 6.45) is 0.686. The molecule has 2 aromatic heterocycles. The van der Waals surface area contributed by atoms with Gasteiger partial charge in [-0.2, -0.15) is 0 Å². The van der Waals surface area contributed by atoms with Crippen LogP contribution in [-0.4, -0.2) is 43.0 Å². The largest absolute Gasteiger partial charge is 0.451 e. The number of hydrogen-bond donors (Lipinski definition) is 0. The summed E-state index contributed by atoms with van der Waals surface area (Å²) in [5, 5.41) is 1.13. The molecule has 0 fully saturated rings. The number of fused-ring (bicyclic) bond motifs is 2. The van der Waals surface area contributed by atoms with Crippen LogP contribution in [0.25, 0.3) is 21.2 Å². The van der Waals surface area contributed by atoms with Crippen LogP contribution in [0.1, 0.15) is 17.0 Å². The monoisotopic (exact) mass is 415 g/mol. The molecule has 0 atom stereocenters. The molecule has 4 rings (SSSR count). The second-order valence-corrected chi connectivity index (χ2v) is 8.00. The Morgan fingerprint density at radius 1 is 1.14 bits per heavy atom. The Kier molecular flexibility index (Phi) is 5.29. The van der Waals surface area contributed by atoms with E-state index in [0.29, 0.717) is 28.4 Å². The van der Waals surface area contributed by atoms with Crippen LogP contribution in [-0.2, 0) is 0 Å². The van der Waals surface area contributed by atoms with Gasteiger partial charge in [0, 0.05) is 18.0 Å². The van der Waals surface area contributed by atoms with E-state index in [0.717, 1.165) is 29.3 Å². The molecule has 0 saturated heterocycles. The van der Waals surface area contributed by atoms with Crippen LogP contribution in [0.4, 0.5) is 13.9 Å². The zero-order chi connectivity index (χ0) is 20.5. The van der Waals surface area contributed by atoms with Gasteiger partial charge in [0.1, 0.15) is 16.9 Å². The van der Waals surface area contributed by atoms with Crippen molar-refractivity contribution in [2.45, 2.75) is 6.42 Å². The van der Waals surface area contributed by atoms with Crippen LogP contribution in [0.15, 0.2) is 46.9 Å². The van der Waals surface area contributed by atoms with Crippen LogP contribution in [0, 0.1) is 11.6 Å². The number of anilines is 1. The fourth-order valence-corrected chi connectivity index (χ4v) is 4.14. The van der Waals surface area contributed by atoms with Gasteiger partial charge in [-0.25, -0.2) is 13.8 Å². The van der Waals surface area contributed by atoms with E-state index >= 15 is 0 Å². The van der Waals surface area contributed by atoms with E-state index in [1.54, 1.807) is 12.1 Å². The lowest BCUT2D eigenvalue weighted by Gasteiger charge is -2.19. The van der Waals surface area contributed by atoms with Gasteiger partial charge in [0.2, 0.25) is 0 Å². The topological polar surface area (TPSA) is 49.6 Å². The first-order valence-corrected chi connectivity index (χ1v) is 9.95. The number of nitrogens with zero attached hydrogens (tertiary/aromatic N) is 3. The zero-order valence-corrected chi connectivity index (χ0v) is 16.8. The Labute approximate surface area is 170 Å². The van der Waals surface area contributed by atoms with E-state index in [2.05, 4.69) is 4.98 Å². The number of aromatic nitrogens is 1. The minimum Gasteiger partial charge on any atom is -0.451 e. The molecule has 0 saturated carbocycles. The number of thiazole rings is 1. The quantitative estimate of drug-likeness (QED) is 0.449. The number of benzene rings is 2. The molecule has 0 spiro atoms. The van der Waals surface area contributed by atoms with E-state index in [-0.39, 0.29) is 17.2 Å². The molecule has 0 unspecified atom stereocenters. The number of carbonyl (C=O) groups is 1. The van der Waals surface area contributed by atoms with E-state index < -0.39 is 11.6 Å². The molecule has 0 aliphatic rings. The number of furan rings is 1. The summed E-state index contributed by atoms with van der Waals surface area (Å²) in [6, 6.07) is 11.1. The molecule has 0 aliphatic carbocycles. The predicted molar refractivity (Wildman–Crippen MR) is 111 cm³/mol. The Balaban J connectivity index is 1.72. The van der Waals surface area contributed by atoms with Gasteiger partial charge in [-0.05, 0) is 45.3 Å². The van der Waals surface area contributed by atoms with Crippen molar-refractivity contribution in [2.24, 2.45) is 0 Å². The van der Waals surface area contributed by atoms with Gasteiger partial charge < -0.3 is 9.32 Å². The summed E-state index contributed by atoms with van der Waals surface area (Å²) < 4.78 is 33.8. The third-order valence-electron chi connectivity index (χ3n) is 4.50. The summed E-state index contributed by atoms with van der Waals surface area (Å²) in [6.45, 7) is 1.13. The van der Waals surface area contributed by atoms with E-state index in [9.17, 15) is 13.6 Å². The maximum atomic E-state index is 14.1. The summed E-state index contributed by atoms with van der Waals surface area (Å²) in [5.74, 6) is -1.60. The number of rotatable bonds is 6. The second-order valence-electron chi connectivity index (χ2n) is 6.99. The van der Waals surface area contributed by atoms with Crippen molar-refractivity contribution in [3.8, 4) is 0 Å². The Morgan fingerprint density at radius 2 is 1.93 bits per heavy atom. The SMILES string of the molecule is CN(C)CCCN(C(=O)c1cc2ccccc2o1)c1nc2c(F)cc(F)cc2s1. The standard InChI is InChI=1S/C21H19F2N3O2S/c1-25(2)8-5-9-26(20(27)17-10-13-6-3-4-7-16(13)28-17)21-24-19-15(23)11-14(22)12-18(19)29-21/h3-4,6-7,10-12H,5,8-9H2,1-2H3. The lowest BCUT2D eigenvalue weighted by Crippen LogP contribution is -2.33. The van der Waals surface area contributed by atoms with Crippen molar-refractivity contribution in [1.82, 2.24) is 9.88 Å². The molecular weight excluding hydrogens is 396 g/mol. The number of amides is 1. The molecule has 8 heteroatoms. The first-order valence-electron chi connectivity index (χ1n) is 9.13. The Bertz CT molecular complexity index is 1150. The summed E-state index contributed by atoms with van der Waals surface area (Å²) in [4.78, 5) is 21.0. The first-order chi connectivity index (χ1) is 13.9. The van der Waals surface area contributed by atoms with Crippen LogP contribution < -0.4 is 4.90 Å². The van der Waals surface area contributed by atoms with E-state index in [1.165, 1.54) is 11.0 Å². The van der Waals surface area contributed by atoms with Crippen molar-refractivity contribution in [3.05, 3.63) is 59.9 Å². The predicted octanol–water partition coefficient (Wildman–Crippen LogP) is 4.92. The smallest absolute Gasteiger partial charge is 0.295 e. The molecule has 1 amide bonds. The van der Waals surface area contributed by atoms with Gasteiger partial charge in [-0.15, -0.1) is 0 Å². The van der Waals surface area contributed by atoms with Crippen molar-refractivity contribution in [2.75, 3.05) is 32.1 Å². The molecule has 0 aliphatic heterocycles. The summed E-state index contributed by atoms with van der Waals surface area (Å²) >= 11 is 1.08. The molecule has 4 aromatic rings. The summed E-state index contributed by atoms with van der Waals surface area (Å²) in [5.41, 5.74) is 0.669. The third-order valence-corrected chi connectivity index (χ3v) is 5.53. The normalized spacial score (nSPS) is 11.6. The number of hydrogen-bond acceptors (Lipinski definition) is 5. The van der Waals surface area contributed by atoms with Gasteiger partial charge in [0.25, 0.3) is 5.91 Å². The van der Waals surface area contributed by atoms with Crippen molar-refractivity contribution >= 4 is 43.6 Å². The minimum absolute atomic E-state index is 0.0569. The average Bonchev–Trinajstić information content (AvgIpc) is 3.28. The maximum Gasteiger partial charge on any atom is 0.295 e. The van der Waals surface area contributed by atoms with Gasteiger partial charge in [-0.3, -0.25) is 9.69 Å². The lowest BCUT2D eigenvalue weighted by molar-refractivity contribution is 0.0961. The highest BCUT2D eigenvalue weighted by molar-refractivity contribution is 7.22. The fourth-order valence-electron chi connectivity index (χ4n) is 3.11. The Morgan fingerprint density at radius 3 is 2.69 bits per heavy atom. The molecule has 0 radical (unpaired) electrons. The molecule has 150 valence electrons. The third kappa shape index (κ3) is 3.99. The van der Waals surface area contributed by atoms with E-state index in [4.69, 9.17) is 4.42 Å². The number of carbonyl (C=O) groups excluding carboxylic acids is 1. The van der Waals surface area contributed by atoms with Crippen LogP contribution in [0.2, 0.25) is 0 Å². The molecule has 29 heavy (non-hydrogen) atoms. The number of halogens is 2. The molecule has 2 heterocycles. The molecule has 0 N–H and O–H groups in total. The molecule has 5 nitrogen and oxygen atoms in total. The van der Waals surface area contributed by atoms with Crippen molar-refractivity contribution < 1.29 is 18.0 Å². The highest BCUT2D eigenvalue weighted by Crippen LogP contribution is 2.32. The maximum absolute atomic E-state index is 14.1. The summed E-state index contributed by atoms with van der Waals surface area (Å²) in [7, 11) is 3.89. The van der Waals surface area contributed by atoms with Gasteiger partial charge in [0.15, 0.2) is 16.7 Å². The van der Waals surface area contributed by atoms with Crippen molar-refractivity contribution in [3.63, 3.8) is 0 Å². The van der Waals surface area contributed by atoms with Gasteiger partial charge in [-0.1, -0.05) is 29.5 Å².